The van der Waals surface area contributed by atoms with Gasteiger partial charge < -0.3 is 0 Å². The van der Waals surface area contributed by atoms with Crippen LogP contribution in [0.5, 0.6) is 0 Å². The SMILES string of the molecule is CC1CC(C)C(C)N(CC(=O)c2ccc(Br)cc2)C1. The van der Waals surface area contributed by atoms with E-state index in [0.29, 0.717) is 24.4 Å². The van der Waals surface area contributed by atoms with Crippen LogP contribution in [-0.4, -0.2) is 29.8 Å². The molecule has 1 saturated heterocycles. The van der Waals surface area contributed by atoms with Gasteiger partial charge >= 0.3 is 0 Å². The molecular weight excluding hydrogens is 302 g/mol. The Morgan fingerprint density at radius 2 is 1.89 bits per heavy atom. The lowest BCUT2D eigenvalue weighted by atomic mass is 9.86. The fourth-order valence-corrected chi connectivity index (χ4v) is 3.22. The zero-order valence-electron chi connectivity index (χ0n) is 11.9. The third-order valence-electron chi connectivity index (χ3n) is 4.23. The summed E-state index contributed by atoms with van der Waals surface area (Å²) in [6.07, 6.45) is 1.27. The Hall–Kier alpha value is -0.670. The summed E-state index contributed by atoms with van der Waals surface area (Å²) in [5, 5.41) is 0. The second kappa shape index (κ2) is 6.19. The minimum Gasteiger partial charge on any atom is -0.293 e. The van der Waals surface area contributed by atoms with Crippen molar-refractivity contribution in [3.63, 3.8) is 0 Å². The van der Waals surface area contributed by atoms with Gasteiger partial charge in [0.1, 0.15) is 0 Å². The number of rotatable bonds is 3. The van der Waals surface area contributed by atoms with Crippen LogP contribution in [0.3, 0.4) is 0 Å². The Balaban J connectivity index is 2.03. The summed E-state index contributed by atoms with van der Waals surface area (Å²) in [7, 11) is 0. The van der Waals surface area contributed by atoms with Crippen LogP contribution in [0.4, 0.5) is 0 Å². The molecule has 1 aliphatic heterocycles. The normalized spacial score (nSPS) is 28.3. The molecule has 0 saturated carbocycles. The number of hydrogen-bond acceptors (Lipinski definition) is 2. The highest BCUT2D eigenvalue weighted by molar-refractivity contribution is 9.10. The fraction of sp³-hybridized carbons (Fsp3) is 0.562. The Morgan fingerprint density at radius 1 is 1.26 bits per heavy atom. The van der Waals surface area contributed by atoms with Gasteiger partial charge in [0.05, 0.1) is 6.54 Å². The highest BCUT2D eigenvalue weighted by Crippen LogP contribution is 2.27. The van der Waals surface area contributed by atoms with Crippen LogP contribution in [0.15, 0.2) is 28.7 Å². The van der Waals surface area contributed by atoms with Crippen LogP contribution in [0.2, 0.25) is 0 Å². The molecule has 3 atom stereocenters. The molecule has 2 rings (SSSR count). The average Bonchev–Trinajstić information content (AvgIpc) is 2.36. The molecule has 19 heavy (non-hydrogen) atoms. The minimum absolute atomic E-state index is 0.223. The number of Topliss-reactive ketones (excluding diaryl/α,β-unsaturated/α-hetero) is 1. The summed E-state index contributed by atoms with van der Waals surface area (Å²) in [5.74, 6) is 1.58. The van der Waals surface area contributed by atoms with Crippen molar-refractivity contribution in [1.29, 1.82) is 0 Å². The van der Waals surface area contributed by atoms with Crippen LogP contribution < -0.4 is 0 Å². The van der Waals surface area contributed by atoms with E-state index in [-0.39, 0.29) is 5.78 Å². The maximum atomic E-state index is 12.3. The lowest BCUT2D eigenvalue weighted by molar-refractivity contribution is 0.0650. The van der Waals surface area contributed by atoms with Crippen molar-refractivity contribution in [3.05, 3.63) is 34.3 Å². The molecule has 0 aromatic heterocycles. The molecule has 0 radical (unpaired) electrons. The predicted octanol–water partition coefficient (Wildman–Crippen LogP) is 4.00. The number of carbonyl (C=O) groups excluding carboxylic acids is 1. The zero-order valence-corrected chi connectivity index (χ0v) is 13.5. The van der Waals surface area contributed by atoms with Crippen molar-refractivity contribution in [2.75, 3.05) is 13.1 Å². The molecule has 104 valence electrons. The molecule has 1 aromatic carbocycles. The number of benzene rings is 1. The molecule has 0 N–H and O–H groups in total. The first kappa shape index (κ1) is 14.7. The first-order chi connectivity index (χ1) is 8.97. The van der Waals surface area contributed by atoms with Gasteiger partial charge in [0.2, 0.25) is 0 Å². The van der Waals surface area contributed by atoms with E-state index < -0.39 is 0 Å². The standard InChI is InChI=1S/C16H22BrNO/c1-11-8-12(2)13(3)18(9-11)10-16(19)14-4-6-15(17)7-5-14/h4-7,11-13H,8-10H2,1-3H3. The van der Waals surface area contributed by atoms with Gasteiger partial charge in [-0.2, -0.15) is 0 Å². The Labute approximate surface area is 124 Å². The monoisotopic (exact) mass is 323 g/mol. The van der Waals surface area contributed by atoms with E-state index in [1.54, 1.807) is 0 Å². The highest BCUT2D eigenvalue weighted by atomic mass is 79.9. The van der Waals surface area contributed by atoms with Crippen LogP contribution >= 0.6 is 15.9 Å². The second-order valence-corrected chi connectivity index (χ2v) is 6.83. The predicted molar refractivity (Wildman–Crippen MR) is 82.5 cm³/mol. The van der Waals surface area contributed by atoms with Crippen molar-refractivity contribution in [2.45, 2.75) is 33.2 Å². The molecule has 0 spiro atoms. The van der Waals surface area contributed by atoms with E-state index in [9.17, 15) is 4.79 Å². The first-order valence-electron chi connectivity index (χ1n) is 7.00. The molecule has 1 aliphatic rings. The third kappa shape index (κ3) is 3.67. The van der Waals surface area contributed by atoms with E-state index >= 15 is 0 Å². The molecule has 3 heteroatoms. The van der Waals surface area contributed by atoms with Gasteiger partial charge in [-0.1, -0.05) is 41.9 Å². The summed E-state index contributed by atoms with van der Waals surface area (Å²) in [5.41, 5.74) is 0.807. The maximum Gasteiger partial charge on any atom is 0.176 e. The molecular formula is C16H22BrNO. The van der Waals surface area contributed by atoms with Gasteiger partial charge in [-0.15, -0.1) is 0 Å². The van der Waals surface area contributed by atoms with Gasteiger partial charge in [-0.25, -0.2) is 0 Å². The lowest BCUT2D eigenvalue weighted by Gasteiger charge is -2.40. The first-order valence-corrected chi connectivity index (χ1v) is 7.79. The maximum absolute atomic E-state index is 12.3. The van der Waals surface area contributed by atoms with Crippen LogP contribution in [0.1, 0.15) is 37.6 Å². The summed E-state index contributed by atoms with van der Waals surface area (Å²) in [6.45, 7) is 8.38. The molecule has 1 heterocycles. The van der Waals surface area contributed by atoms with Gasteiger partial charge in [0, 0.05) is 22.6 Å². The number of ketones is 1. The molecule has 0 aliphatic carbocycles. The summed E-state index contributed by atoms with van der Waals surface area (Å²) in [6, 6.07) is 8.15. The summed E-state index contributed by atoms with van der Waals surface area (Å²) < 4.78 is 1.01. The smallest absolute Gasteiger partial charge is 0.176 e. The molecule has 0 amide bonds. The lowest BCUT2D eigenvalue weighted by Crippen LogP contribution is -2.47. The zero-order chi connectivity index (χ0) is 14.0. The van der Waals surface area contributed by atoms with Crippen molar-refractivity contribution in [1.82, 2.24) is 4.90 Å². The second-order valence-electron chi connectivity index (χ2n) is 5.92. The van der Waals surface area contributed by atoms with Gasteiger partial charge in [-0.3, -0.25) is 9.69 Å². The van der Waals surface area contributed by atoms with E-state index in [1.165, 1.54) is 6.42 Å². The Morgan fingerprint density at radius 3 is 2.53 bits per heavy atom. The van der Waals surface area contributed by atoms with E-state index in [0.717, 1.165) is 16.6 Å². The number of halogens is 1. The molecule has 2 nitrogen and oxygen atoms in total. The van der Waals surface area contributed by atoms with Crippen molar-refractivity contribution >= 4 is 21.7 Å². The Kier molecular flexibility index (Phi) is 4.80. The molecule has 3 unspecified atom stereocenters. The third-order valence-corrected chi connectivity index (χ3v) is 4.76. The summed E-state index contributed by atoms with van der Waals surface area (Å²) >= 11 is 3.40. The number of piperidine rings is 1. The number of carbonyl (C=O) groups is 1. The quantitative estimate of drug-likeness (QED) is 0.784. The van der Waals surface area contributed by atoms with Crippen LogP contribution in [0.25, 0.3) is 0 Å². The number of nitrogens with zero attached hydrogens (tertiary/aromatic N) is 1. The van der Waals surface area contributed by atoms with Gasteiger partial charge in [0.25, 0.3) is 0 Å². The Bertz CT molecular complexity index is 443. The highest BCUT2D eigenvalue weighted by Gasteiger charge is 2.29. The largest absolute Gasteiger partial charge is 0.293 e. The van der Waals surface area contributed by atoms with Crippen molar-refractivity contribution < 1.29 is 4.79 Å². The number of likely N-dealkylation sites (tertiary alicyclic amines) is 1. The minimum atomic E-state index is 0.223. The molecule has 0 bridgehead atoms. The molecule has 1 aromatic rings. The van der Waals surface area contributed by atoms with Gasteiger partial charge in [-0.05, 0) is 37.3 Å². The van der Waals surface area contributed by atoms with E-state index in [4.69, 9.17) is 0 Å². The average molecular weight is 324 g/mol. The number of hydrogen-bond donors (Lipinski definition) is 0. The summed E-state index contributed by atoms with van der Waals surface area (Å²) in [4.78, 5) is 14.7. The van der Waals surface area contributed by atoms with Gasteiger partial charge in [0.15, 0.2) is 5.78 Å². The van der Waals surface area contributed by atoms with Crippen LogP contribution in [-0.2, 0) is 0 Å². The van der Waals surface area contributed by atoms with E-state index in [2.05, 4.69) is 41.6 Å². The molecule has 1 fully saturated rings. The van der Waals surface area contributed by atoms with Crippen molar-refractivity contribution in [3.8, 4) is 0 Å². The van der Waals surface area contributed by atoms with Crippen LogP contribution in [0, 0.1) is 11.8 Å². The van der Waals surface area contributed by atoms with Crippen molar-refractivity contribution in [2.24, 2.45) is 11.8 Å². The fourth-order valence-electron chi connectivity index (χ4n) is 2.95. The topological polar surface area (TPSA) is 20.3 Å². The van der Waals surface area contributed by atoms with E-state index in [1.807, 2.05) is 24.3 Å².